The van der Waals surface area contributed by atoms with E-state index in [1.165, 1.54) is 4.68 Å². The lowest BCUT2D eigenvalue weighted by Crippen LogP contribution is -2.36. The maximum atomic E-state index is 12.9. The molecule has 0 spiro atoms. The second kappa shape index (κ2) is 6.93. The lowest BCUT2D eigenvalue weighted by Gasteiger charge is -2.15. The van der Waals surface area contributed by atoms with Crippen LogP contribution in [0.2, 0.25) is 0 Å². The first kappa shape index (κ1) is 17.0. The van der Waals surface area contributed by atoms with E-state index in [0.717, 1.165) is 12.0 Å². The van der Waals surface area contributed by atoms with Gasteiger partial charge < -0.3 is 5.32 Å². The summed E-state index contributed by atoms with van der Waals surface area (Å²) in [4.78, 5) is 29.6. The molecule has 2 aromatic heterocycles. The first-order chi connectivity index (χ1) is 12.0. The molecule has 0 bridgehead atoms. The van der Waals surface area contributed by atoms with E-state index in [9.17, 15) is 9.59 Å². The lowest BCUT2D eigenvalue weighted by molar-refractivity contribution is -0.122. The Bertz CT molecular complexity index is 954. The smallest absolute Gasteiger partial charge is 0.280 e. The van der Waals surface area contributed by atoms with Gasteiger partial charge in [0.2, 0.25) is 5.91 Å². The summed E-state index contributed by atoms with van der Waals surface area (Å²) < 4.78 is 3.16. The zero-order chi connectivity index (χ0) is 18.0. The molecule has 0 radical (unpaired) electrons. The number of aryl methyl sites for hydroxylation is 1. The van der Waals surface area contributed by atoms with Crippen LogP contribution < -0.4 is 10.9 Å². The molecule has 0 saturated carbocycles. The predicted octanol–water partition coefficient (Wildman–Crippen LogP) is 2.41. The maximum absolute atomic E-state index is 12.9. The Morgan fingerprint density at radius 1 is 1.24 bits per heavy atom. The molecule has 0 saturated heterocycles. The van der Waals surface area contributed by atoms with Gasteiger partial charge in [0.05, 0.1) is 11.1 Å². The highest BCUT2D eigenvalue weighted by Gasteiger charge is 2.18. The van der Waals surface area contributed by atoms with Gasteiger partial charge >= 0.3 is 0 Å². The minimum absolute atomic E-state index is 0.0357. The summed E-state index contributed by atoms with van der Waals surface area (Å²) in [6, 6.07) is 11.2. The van der Waals surface area contributed by atoms with Crippen molar-refractivity contribution in [2.75, 3.05) is 0 Å². The van der Waals surface area contributed by atoms with Gasteiger partial charge in [-0.05, 0) is 44.5 Å². The fraction of sp³-hybridized carbons (Fsp3) is 0.316. The van der Waals surface area contributed by atoms with E-state index in [-0.39, 0.29) is 24.1 Å². The minimum atomic E-state index is -0.178. The van der Waals surface area contributed by atoms with Crippen molar-refractivity contribution in [3.05, 3.63) is 58.5 Å². The maximum Gasteiger partial charge on any atom is 0.280 e. The predicted molar refractivity (Wildman–Crippen MR) is 98.0 cm³/mol. The highest BCUT2D eigenvalue weighted by molar-refractivity contribution is 5.80. The van der Waals surface area contributed by atoms with Crippen molar-refractivity contribution in [1.82, 2.24) is 19.7 Å². The number of amides is 1. The summed E-state index contributed by atoms with van der Waals surface area (Å²) in [5.41, 5.74) is 2.15. The molecule has 0 aliphatic heterocycles. The largest absolute Gasteiger partial charge is 0.352 e. The van der Waals surface area contributed by atoms with Crippen molar-refractivity contribution >= 4 is 16.9 Å². The summed E-state index contributed by atoms with van der Waals surface area (Å²) in [7, 11) is 0. The molecule has 1 amide bonds. The van der Waals surface area contributed by atoms with Crippen molar-refractivity contribution in [3.8, 4) is 5.69 Å². The number of nitrogens with one attached hydrogen (secondary N) is 1. The first-order valence-electron chi connectivity index (χ1n) is 8.44. The topological polar surface area (TPSA) is 68.9 Å². The molecule has 6 heteroatoms. The molecule has 1 atom stereocenters. The molecule has 1 N–H and O–H groups in total. The van der Waals surface area contributed by atoms with Gasteiger partial charge in [-0.1, -0.05) is 24.6 Å². The number of nitrogens with zero attached hydrogens (tertiary/aromatic N) is 3. The Morgan fingerprint density at radius 3 is 2.64 bits per heavy atom. The standard InChI is InChI=1S/C19H22N4O2/c1-4-14(3)21-17(24)12-22-18-16(6-5-11-20-18)19(25)23(22)15-9-7-13(2)8-10-15/h5-11,14H,4,12H2,1-3H3,(H,21,24)/t14-/m1/s1. The number of hydrogen-bond donors (Lipinski definition) is 1. The molecule has 0 unspecified atom stereocenters. The van der Waals surface area contributed by atoms with Crippen LogP contribution in [0.4, 0.5) is 0 Å². The Hall–Kier alpha value is -2.89. The normalized spacial score (nSPS) is 12.3. The molecule has 3 aromatic rings. The van der Waals surface area contributed by atoms with Crippen molar-refractivity contribution in [3.63, 3.8) is 0 Å². The van der Waals surface area contributed by atoms with E-state index < -0.39 is 0 Å². The summed E-state index contributed by atoms with van der Waals surface area (Å²) in [6.07, 6.45) is 2.48. The van der Waals surface area contributed by atoms with Gasteiger partial charge in [-0.25, -0.2) is 9.67 Å². The van der Waals surface area contributed by atoms with Crippen LogP contribution in [0, 0.1) is 6.92 Å². The van der Waals surface area contributed by atoms with Crippen molar-refractivity contribution in [2.24, 2.45) is 0 Å². The van der Waals surface area contributed by atoms with Gasteiger partial charge in [-0.15, -0.1) is 0 Å². The number of rotatable bonds is 5. The molecule has 1 aromatic carbocycles. The van der Waals surface area contributed by atoms with E-state index >= 15 is 0 Å². The van der Waals surface area contributed by atoms with Gasteiger partial charge in [0, 0.05) is 12.2 Å². The second-order valence-corrected chi connectivity index (χ2v) is 6.26. The Labute approximate surface area is 146 Å². The fourth-order valence-electron chi connectivity index (χ4n) is 2.73. The van der Waals surface area contributed by atoms with Gasteiger partial charge in [0.25, 0.3) is 5.56 Å². The van der Waals surface area contributed by atoms with Crippen LogP contribution in [0.25, 0.3) is 16.7 Å². The number of aromatic nitrogens is 3. The number of carbonyl (C=O) groups is 1. The van der Waals surface area contributed by atoms with Crippen molar-refractivity contribution in [1.29, 1.82) is 0 Å². The molecule has 25 heavy (non-hydrogen) atoms. The molecule has 0 fully saturated rings. The highest BCUT2D eigenvalue weighted by Crippen LogP contribution is 2.14. The molecule has 6 nitrogen and oxygen atoms in total. The molecule has 0 aliphatic carbocycles. The van der Waals surface area contributed by atoms with Crippen LogP contribution in [0.3, 0.4) is 0 Å². The third kappa shape index (κ3) is 3.33. The molecule has 3 rings (SSSR count). The number of fused-ring (bicyclic) bond motifs is 1. The zero-order valence-electron chi connectivity index (χ0n) is 14.7. The summed E-state index contributed by atoms with van der Waals surface area (Å²) in [5.74, 6) is -0.141. The Kier molecular flexibility index (Phi) is 4.70. The summed E-state index contributed by atoms with van der Waals surface area (Å²) in [6.45, 7) is 5.99. The zero-order valence-corrected chi connectivity index (χ0v) is 14.7. The van der Waals surface area contributed by atoms with Crippen LogP contribution in [0.15, 0.2) is 47.4 Å². The van der Waals surface area contributed by atoms with E-state index in [1.54, 1.807) is 23.0 Å². The van der Waals surface area contributed by atoms with Gasteiger partial charge in [0.15, 0.2) is 5.65 Å². The number of benzene rings is 1. The third-order valence-corrected chi connectivity index (χ3v) is 4.29. The fourth-order valence-corrected chi connectivity index (χ4v) is 2.73. The van der Waals surface area contributed by atoms with Gasteiger partial charge in [-0.3, -0.25) is 14.3 Å². The van der Waals surface area contributed by atoms with E-state index in [1.807, 2.05) is 45.0 Å². The van der Waals surface area contributed by atoms with E-state index in [4.69, 9.17) is 0 Å². The number of carbonyl (C=O) groups excluding carboxylic acids is 1. The average molecular weight is 338 g/mol. The summed E-state index contributed by atoms with van der Waals surface area (Å²) >= 11 is 0. The molecule has 130 valence electrons. The van der Waals surface area contributed by atoms with E-state index in [2.05, 4.69) is 10.3 Å². The molecular weight excluding hydrogens is 316 g/mol. The average Bonchev–Trinajstić information content (AvgIpc) is 2.88. The number of hydrogen-bond acceptors (Lipinski definition) is 3. The van der Waals surface area contributed by atoms with E-state index in [0.29, 0.717) is 16.7 Å². The SMILES string of the molecule is CC[C@@H](C)NC(=O)Cn1c2ncccc2c(=O)n1-c1ccc(C)cc1. The molecule has 2 heterocycles. The molecule has 0 aliphatic rings. The molecular formula is C19H22N4O2. The quantitative estimate of drug-likeness (QED) is 0.777. The highest BCUT2D eigenvalue weighted by atomic mass is 16.2. The Morgan fingerprint density at radius 2 is 1.96 bits per heavy atom. The number of pyridine rings is 1. The summed E-state index contributed by atoms with van der Waals surface area (Å²) in [5, 5.41) is 3.44. The van der Waals surface area contributed by atoms with Crippen LogP contribution in [0.1, 0.15) is 25.8 Å². The van der Waals surface area contributed by atoms with Gasteiger partial charge in [-0.2, -0.15) is 0 Å². The second-order valence-electron chi connectivity index (χ2n) is 6.26. The van der Waals surface area contributed by atoms with Crippen LogP contribution >= 0.6 is 0 Å². The third-order valence-electron chi connectivity index (χ3n) is 4.29. The van der Waals surface area contributed by atoms with Crippen LogP contribution in [-0.4, -0.2) is 26.3 Å². The van der Waals surface area contributed by atoms with Crippen LogP contribution in [-0.2, 0) is 11.3 Å². The van der Waals surface area contributed by atoms with Crippen molar-refractivity contribution in [2.45, 2.75) is 39.8 Å². The van der Waals surface area contributed by atoms with Gasteiger partial charge in [0.1, 0.15) is 6.54 Å². The van der Waals surface area contributed by atoms with Crippen molar-refractivity contribution < 1.29 is 4.79 Å². The minimum Gasteiger partial charge on any atom is -0.352 e. The Balaban J connectivity index is 2.12. The lowest BCUT2D eigenvalue weighted by atomic mass is 10.2. The van der Waals surface area contributed by atoms with Crippen LogP contribution in [0.5, 0.6) is 0 Å². The first-order valence-corrected chi connectivity index (χ1v) is 8.44. The monoisotopic (exact) mass is 338 g/mol.